The highest BCUT2D eigenvalue weighted by atomic mass is 127. The average molecular weight is 517 g/mol. The van der Waals surface area contributed by atoms with Crippen LogP contribution >= 0.6 is 24.0 Å². The molecule has 1 unspecified atom stereocenters. The first-order valence-corrected chi connectivity index (χ1v) is 10.2. The monoisotopic (exact) mass is 517 g/mol. The van der Waals surface area contributed by atoms with Gasteiger partial charge in [0.25, 0.3) is 0 Å². The molecule has 0 amide bonds. The summed E-state index contributed by atoms with van der Waals surface area (Å²) in [5.74, 6) is 1.58. The van der Waals surface area contributed by atoms with Gasteiger partial charge in [-0.1, -0.05) is 53.7 Å². The van der Waals surface area contributed by atoms with Crippen LogP contribution in [0.4, 0.5) is 5.69 Å². The lowest BCUT2D eigenvalue weighted by Gasteiger charge is -2.20. The number of nitrogens with zero attached hydrogens (tertiary/aromatic N) is 3. The Morgan fingerprint density at radius 2 is 1.87 bits per heavy atom. The number of anilines is 1. The number of aromatic nitrogens is 1. The van der Waals surface area contributed by atoms with E-state index in [1.54, 1.807) is 0 Å². The second-order valence-corrected chi connectivity index (χ2v) is 7.16. The fraction of sp³-hybridized carbons (Fsp3) is 0.304. The van der Waals surface area contributed by atoms with Crippen molar-refractivity contribution in [3.8, 4) is 11.3 Å². The van der Waals surface area contributed by atoms with E-state index >= 15 is 0 Å². The van der Waals surface area contributed by atoms with E-state index in [0.717, 1.165) is 49.0 Å². The first-order valence-electron chi connectivity index (χ1n) is 10.2. The molecule has 158 valence electrons. The third-order valence-corrected chi connectivity index (χ3v) is 5.01. The van der Waals surface area contributed by atoms with Crippen molar-refractivity contribution in [1.29, 1.82) is 0 Å². The average Bonchev–Trinajstić information content (AvgIpc) is 3.43. The summed E-state index contributed by atoms with van der Waals surface area (Å²) < 4.78 is 5.47. The standard InChI is InChI=1S/C23H27N5O.HI/c1-2-24-23(26-19-13-14-28(17-19)21-11-7-4-8-12-21)25-16-20-15-22(29-27-20)18-9-5-3-6-10-18;/h3-12,15,19H,2,13-14,16-17H2,1H3,(H2,24,25,26);1H. The van der Waals surface area contributed by atoms with Crippen molar-refractivity contribution in [2.45, 2.75) is 25.9 Å². The van der Waals surface area contributed by atoms with Crippen LogP contribution in [-0.4, -0.2) is 36.8 Å². The highest BCUT2D eigenvalue weighted by Gasteiger charge is 2.23. The minimum absolute atomic E-state index is 0. The molecule has 0 bridgehead atoms. The lowest BCUT2D eigenvalue weighted by Crippen LogP contribution is -2.44. The normalized spacial score (nSPS) is 16.2. The molecule has 1 aromatic heterocycles. The van der Waals surface area contributed by atoms with E-state index in [1.807, 2.05) is 36.4 Å². The molecule has 7 heteroatoms. The van der Waals surface area contributed by atoms with E-state index in [1.165, 1.54) is 5.69 Å². The molecule has 1 saturated heterocycles. The van der Waals surface area contributed by atoms with Gasteiger partial charge in [0.2, 0.25) is 0 Å². The lowest BCUT2D eigenvalue weighted by molar-refractivity contribution is 0.424. The number of hydrogen-bond acceptors (Lipinski definition) is 4. The van der Waals surface area contributed by atoms with Gasteiger partial charge in [-0.05, 0) is 25.5 Å². The molecule has 0 aliphatic carbocycles. The van der Waals surface area contributed by atoms with Crippen molar-refractivity contribution in [1.82, 2.24) is 15.8 Å². The Balaban J connectivity index is 0.00000256. The molecular weight excluding hydrogens is 489 g/mol. The molecular formula is C23H28IN5O. The zero-order chi connectivity index (χ0) is 19.9. The first kappa shape index (κ1) is 22.1. The Labute approximate surface area is 194 Å². The zero-order valence-corrected chi connectivity index (χ0v) is 19.5. The van der Waals surface area contributed by atoms with Crippen molar-refractivity contribution < 1.29 is 4.52 Å². The maximum Gasteiger partial charge on any atom is 0.191 e. The minimum atomic E-state index is 0. The molecule has 30 heavy (non-hydrogen) atoms. The van der Waals surface area contributed by atoms with Crippen LogP contribution in [0.5, 0.6) is 0 Å². The van der Waals surface area contributed by atoms with E-state index in [9.17, 15) is 0 Å². The molecule has 1 aliphatic rings. The predicted octanol–water partition coefficient (Wildman–Crippen LogP) is 4.29. The van der Waals surface area contributed by atoms with Gasteiger partial charge in [0.15, 0.2) is 11.7 Å². The van der Waals surface area contributed by atoms with Crippen LogP contribution in [0.2, 0.25) is 0 Å². The molecule has 0 spiro atoms. The third kappa shape index (κ3) is 5.75. The maximum absolute atomic E-state index is 5.47. The van der Waals surface area contributed by atoms with Gasteiger partial charge in [0.1, 0.15) is 5.69 Å². The number of hydrogen-bond donors (Lipinski definition) is 2. The maximum atomic E-state index is 5.47. The lowest BCUT2D eigenvalue weighted by atomic mass is 10.2. The number of rotatable bonds is 6. The number of guanidine groups is 1. The predicted molar refractivity (Wildman–Crippen MR) is 132 cm³/mol. The zero-order valence-electron chi connectivity index (χ0n) is 17.1. The number of benzene rings is 2. The van der Waals surface area contributed by atoms with Crippen LogP contribution in [0, 0.1) is 0 Å². The summed E-state index contributed by atoms with van der Waals surface area (Å²) >= 11 is 0. The Hall–Kier alpha value is -2.55. The fourth-order valence-corrected chi connectivity index (χ4v) is 3.55. The number of nitrogens with one attached hydrogen (secondary N) is 2. The van der Waals surface area contributed by atoms with Gasteiger partial charge in [-0.15, -0.1) is 24.0 Å². The molecule has 1 aliphatic heterocycles. The third-order valence-electron chi connectivity index (χ3n) is 5.01. The Bertz CT molecular complexity index is 929. The quantitative estimate of drug-likeness (QED) is 0.290. The smallest absolute Gasteiger partial charge is 0.191 e. The van der Waals surface area contributed by atoms with Crippen molar-refractivity contribution in [3.05, 3.63) is 72.4 Å². The number of aliphatic imine (C=N–C) groups is 1. The van der Waals surface area contributed by atoms with E-state index in [2.05, 4.69) is 57.9 Å². The van der Waals surface area contributed by atoms with Crippen LogP contribution in [0.1, 0.15) is 19.0 Å². The molecule has 0 radical (unpaired) electrons. The van der Waals surface area contributed by atoms with Crippen LogP contribution in [-0.2, 0) is 6.54 Å². The highest BCUT2D eigenvalue weighted by molar-refractivity contribution is 14.0. The largest absolute Gasteiger partial charge is 0.369 e. The van der Waals surface area contributed by atoms with Crippen LogP contribution in [0.25, 0.3) is 11.3 Å². The van der Waals surface area contributed by atoms with Crippen molar-refractivity contribution >= 4 is 35.6 Å². The highest BCUT2D eigenvalue weighted by Crippen LogP contribution is 2.21. The van der Waals surface area contributed by atoms with E-state index in [4.69, 9.17) is 9.52 Å². The second kappa shape index (κ2) is 11.0. The van der Waals surface area contributed by atoms with Crippen molar-refractivity contribution in [2.24, 2.45) is 4.99 Å². The van der Waals surface area contributed by atoms with Gasteiger partial charge in [-0.25, -0.2) is 4.99 Å². The van der Waals surface area contributed by atoms with Crippen LogP contribution in [0.3, 0.4) is 0 Å². The fourth-order valence-electron chi connectivity index (χ4n) is 3.55. The summed E-state index contributed by atoms with van der Waals surface area (Å²) in [6, 6.07) is 22.9. The minimum Gasteiger partial charge on any atom is -0.369 e. The van der Waals surface area contributed by atoms with Gasteiger partial charge < -0.3 is 20.1 Å². The van der Waals surface area contributed by atoms with E-state index < -0.39 is 0 Å². The molecule has 4 rings (SSSR count). The van der Waals surface area contributed by atoms with Gasteiger partial charge in [-0.3, -0.25) is 0 Å². The Morgan fingerprint density at radius 1 is 1.13 bits per heavy atom. The Kier molecular flexibility index (Phi) is 8.12. The molecule has 2 aromatic carbocycles. The summed E-state index contributed by atoms with van der Waals surface area (Å²) in [6.45, 7) is 5.38. The summed E-state index contributed by atoms with van der Waals surface area (Å²) in [5, 5.41) is 11.1. The molecule has 1 fully saturated rings. The van der Waals surface area contributed by atoms with Crippen LogP contribution < -0.4 is 15.5 Å². The molecule has 6 nitrogen and oxygen atoms in total. The number of para-hydroxylation sites is 1. The summed E-state index contributed by atoms with van der Waals surface area (Å²) in [4.78, 5) is 7.11. The van der Waals surface area contributed by atoms with Gasteiger partial charge in [0, 0.05) is 43.0 Å². The number of halogens is 1. The van der Waals surface area contributed by atoms with Crippen LogP contribution in [0.15, 0.2) is 76.2 Å². The summed E-state index contributed by atoms with van der Waals surface area (Å²) in [7, 11) is 0. The summed E-state index contributed by atoms with van der Waals surface area (Å²) in [5.41, 5.74) is 3.11. The molecule has 0 saturated carbocycles. The van der Waals surface area contributed by atoms with Crippen molar-refractivity contribution in [2.75, 3.05) is 24.5 Å². The van der Waals surface area contributed by atoms with Gasteiger partial charge >= 0.3 is 0 Å². The van der Waals surface area contributed by atoms with Crippen molar-refractivity contribution in [3.63, 3.8) is 0 Å². The first-order chi connectivity index (χ1) is 14.3. The van der Waals surface area contributed by atoms with E-state index in [-0.39, 0.29) is 24.0 Å². The topological polar surface area (TPSA) is 65.7 Å². The SMILES string of the molecule is CCNC(=NCc1cc(-c2ccccc2)on1)NC1CCN(c2ccccc2)C1.I. The Morgan fingerprint density at radius 3 is 2.60 bits per heavy atom. The van der Waals surface area contributed by atoms with Gasteiger partial charge in [0.05, 0.1) is 6.54 Å². The molecule has 2 heterocycles. The molecule has 1 atom stereocenters. The second-order valence-electron chi connectivity index (χ2n) is 7.16. The van der Waals surface area contributed by atoms with Gasteiger partial charge in [-0.2, -0.15) is 0 Å². The molecule has 2 N–H and O–H groups in total. The van der Waals surface area contributed by atoms with E-state index in [0.29, 0.717) is 12.6 Å². The summed E-state index contributed by atoms with van der Waals surface area (Å²) in [6.07, 6.45) is 1.08. The molecule has 3 aromatic rings.